The number of nitrogens with zero attached hydrogens (tertiary/aromatic N) is 3. The molecule has 0 spiro atoms. The smallest absolute Gasteiger partial charge is 0.261 e. The summed E-state index contributed by atoms with van der Waals surface area (Å²) in [6.07, 6.45) is 9.14. The van der Waals surface area contributed by atoms with Crippen LogP contribution in [0.3, 0.4) is 0 Å². The summed E-state index contributed by atoms with van der Waals surface area (Å²) in [4.78, 5) is 30.9. The lowest BCUT2D eigenvalue weighted by molar-refractivity contribution is -0.122. The quantitative estimate of drug-likeness (QED) is 0.497. The van der Waals surface area contributed by atoms with E-state index in [1.807, 2.05) is 12.1 Å². The van der Waals surface area contributed by atoms with Gasteiger partial charge in [-0.05, 0) is 55.2 Å². The average molecular weight is 442 g/mol. The first kappa shape index (κ1) is 21.5. The van der Waals surface area contributed by atoms with Gasteiger partial charge in [0, 0.05) is 37.1 Å². The number of aliphatic hydroxyl groups excluding tert-OH is 1. The van der Waals surface area contributed by atoms with Crippen LogP contribution in [0.2, 0.25) is 0 Å². The molecule has 1 aliphatic carbocycles. The van der Waals surface area contributed by atoms with Gasteiger partial charge in [-0.15, -0.1) is 11.3 Å². The fourth-order valence-corrected chi connectivity index (χ4v) is 5.43. The van der Waals surface area contributed by atoms with Crippen LogP contribution < -0.4 is 10.6 Å². The van der Waals surface area contributed by atoms with Gasteiger partial charge in [-0.3, -0.25) is 14.3 Å². The minimum absolute atomic E-state index is 0.0245. The van der Waals surface area contributed by atoms with Gasteiger partial charge < -0.3 is 15.7 Å². The maximum absolute atomic E-state index is 12.7. The van der Waals surface area contributed by atoms with E-state index in [-0.39, 0.29) is 31.5 Å². The predicted molar refractivity (Wildman–Crippen MR) is 119 cm³/mol. The molecule has 0 saturated heterocycles. The molecule has 3 aromatic heterocycles. The second-order valence-corrected chi connectivity index (χ2v) is 8.90. The Balaban J connectivity index is 1.39. The molecule has 1 aliphatic rings. The maximum Gasteiger partial charge on any atom is 0.261 e. The highest BCUT2D eigenvalue weighted by molar-refractivity contribution is 7.20. The van der Waals surface area contributed by atoms with E-state index in [0.717, 1.165) is 41.5 Å². The predicted octanol–water partition coefficient (Wildman–Crippen LogP) is 2.31. The van der Waals surface area contributed by atoms with E-state index in [2.05, 4.69) is 20.7 Å². The van der Waals surface area contributed by atoms with Gasteiger partial charge in [-0.2, -0.15) is 5.10 Å². The molecule has 164 valence electrons. The largest absolute Gasteiger partial charge is 0.395 e. The first-order valence-electron chi connectivity index (χ1n) is 10.7. The molecule has 3 heterocycles. The van der Waals surface area contributed by atoms with Crippen LogP contribution in [0.25, 0.3) is 10.2 Å². The number of thiophene rings is 1. The lowest BCUT2D eigenvalue weighted by Gasteiger charge is -2.29. The van der Waals surface area contributed by atoms with Gasteiger partial charge in [0.1, 0.15) is 11.4 Å². The summed E-state index contributed by atoms with van der Waals surface area (Å²) < 4.78 is 1.62. The number of carbonyl (C=O) groups is 2. The number of aromatic nitrogens is 3. The highest BCUT2D eigenvalue weighted by Crippen LogP contribution is 2.43. The Morgan fingerprint density at radius 2 is 2.00 bits per heavy atom. The van der Waals surface area contributed by atoms with Crippen molar-refractivity contribution in [3.63, 3.8) is 0 Å². The molecule has 2 amide bonds. The van der Waals surface area contributed by atoms with Crippen molar-refractivity contribution in [2.45, 2.75) is 38.1 Å². The summed E-state index contributed by atoms with van der Waals surface area (Å²) >= 11 is 1.42. The molecule has 31 heavy (non-hydrogen) atoms. The van der Waals surface area contributed by atoms with Crippen LogP contribution in [0.1, 0.15) is 46.8 Å². The van der Waals surface area contributed by atoms with Crippen LogP contribution in [0, 0.1) is 5.92 Å². The molecule has 0 unspecified atom stereocenters. The topological polar surface area (TPSA) is 109 Å². The van der Waals surface area contributed by atoms with Crippen molar-refractivity contribution in [1.29, 1.82) is 0 Å². The van der Waals surface area contributed by atoms with E-state index < -0.39 is 0 Å². The minimum Gasteiger partial charge on any atom is -0.395 e. The fourth-order valence-electron chi connectivity index (χ4n) is 4.29. The normalized spacial score (nSPS) is 18.7. The van der Waals surface area contributed by atoms with Gasteiger partial charge in [-0.25, -0.2) is 4.98 Å². The third kappa shape index (κ3) is 5.11. The zero-order valence-corrected chi connectivity index (χ0v) is 18.1. The summed E-state index contributed by atoms with van der Waals surface area (Å²) in [7, 11) is 0. The van der Waals surface area contributed by atoms with Crippen molar-refractivity contribution in [2.75, 3.05) is 19.7 Å². The van der Waals surface area contributed by atoms with Crippen molar-refractivity contribution in [3.05, 3.63) is 47.2 Å². The van der Waals surface area contributed by atoms with Gasteiger partial charge in [0.2, 0.25) is 5.91 Å². The van der Waals surface area contributed by atoms with Crippen molar-refractivity contribution in [2.24, 2.45) is 5.92 Å². The molecule has 0 aliphatic heterocycles. The van der Waals surface area contributed by atoms with E-state index in [1.54, 1.807) is 29.3 Å². The number of nitrogens with one attached hydrogen (secondary N) is 2. The molecule has 8 nitrogen and oxygen atoms in total. The zero-order valence-electron chi connectivity index (χ0n) is 17.3. The molecule has 1 saturated carbocycles. The number of fused-ring (bicyclic) bond motifs is 1. The van der Waals surface area contributed by atoms with E-state index in [9.17, 15) is 9.59 Å². The van der Waals surface area contributed by atoms with Crippen molar-refractivity contribution in [3.8, 4) is 0 Å². The van der Waals surface area contributed by atoms with Crippen molar-refractivity contribution in [1.82, 2.24) is 25.4 Å². The number of hydrogen-bond acceptors (Lipinski definition) is 6. The van der Waals surface area contributed by atoms with E-state index >= 15 is 0 Å². The molecule has 1 fully saturated rings. The van der Waals surface area contributed by atoms with Crippen LogP contribution in [0.4, 0.5) is 0 Å². The van der Waals surface area contributed by atoms with E-state index in [1.165, 1.54) is 11.3 Å². The van der Waals surface area contributed by atoms with Crippen LogP contribution in [0.15, 0.2) is 36.8 Å². The Labute approximate surface area is 184 Å². The Morgan fingerprint density at radius 3 is 2.74 bits per heavy atom. The molecule has 0 bridgehead atoms. The van der Waals surface area contributed by atoms with Crippen molar-refractivity contribution < 1.29 is 14.7 Å². The number of amides is 2. The second-order valence-electron chi connectivity index (χ2n) is 7.91. The zero-order chi connectivity index (χ0) is 21.6. The lowest BCUT2D eigenvalue weighted by Crippen LogP contribution is -2.33. The molecule has 0 aromatic carbocycles. The molecule has 4 rings (SSSR count). The molecular weight excluding hydrogens is 414 g/mol. The average Bonchev–Trinajstić information content (AvgIpc) is 3.44. The van der Waals surface area contributed by atoms with Crippen LogP contribution in [0.5, 0.6) is 0 Å². The number of rotatable bonds is 8. The summed E-state index contributed by atoms with van der Waals surface area (Å²) in [5.74, 6) is 0.569. The molecular formula is C22H27N5O3S. The van der Waals surface area contributed by atoms with Gasteiger partial charge >= 0.3 is 0 Å². The highest BCUT2D eigenvalue weighted by Gasteiger charge is 2.29. The molecule has 0 radical (unpaired) electrons. The molecule has 9 heteroatoms. The Morgan fingerprint density at radius 1 is 1.16 bits per heavy atom. The van der Waals surface area contributed by atoms with Gasteiger partial charge in [-0.1, -0.05) is 6.07 Å². The number of aliphatic hydroxyl groups is 1. The number of hydrogen-bond donors (Lipinski definition) is 3. The third-order valence-corrected chi connectivity index (χ3v) is 6.94. The summed E-state index contributed by atoms with van der Waals surface area (Å²) in [6.45, 7) is 1.07. The fraction of sp³-hybridized carbons (Fsp3) is 0.455. The number of pyridine rings is 1. The minimum atomic E-state index is -0.139. The van der Waals surface area contributed by atoms with Crippen LogP contribution in [-0.4, -0.2) is 51.4 Å². The van der Waals surface area contributed by atoms with E-state index in [0.29, 0.717) is 23.3 Å². The third-order valence-electron chi connectivity index (χ3n) is 5.82. The SMILES string of the molecule is O=C(Cn1cccn1)NCC1CCC(c2c(C(=O)NCCO)sc3ncccc23)CC1. The molecule has 3 aromatic rings. The maximum atomic E-state index is 12.7. The second kappa shape index (κ2) is 10.0. The Hall–Kier alpha value is -2.78. The summed E-state index contributed by atoms with van der Waals surface area (Å²) in [5.41, 5.74) is 1.09. The lowest BCUT2D eigenvalue weighted by atomic mass is 9.78. The van der Waals surface area contributed by atoms with Crippen molar-refractivity contribution >= 4 is 33.4 Å². The molecule has 0 atom stereocenters. The summed E-state index contributed by atoms with van der Waals surface area (Å²) in [6, 6.07) is 5.75. The Bertz CT molecular complexity index is 1030. The molecule has 3 N–H and O–H groups in total. The van der Waals surface area contributed by atoms with Crippen LogP contribution >= 0.6 is 11.3 Å². The first-order chi connectivity index (χ1) is 15.2. The highest BCUT2D eigenvalue weighted by atomic mass is 32.1. The van der Waals surface area contributed by atoms with Gasteiger partial charge in [0.05, 0.1) is 11.5 Å². The monoisotopic (exact) mass is 441 g/mol. The van der Waals surface area contributed by atoms with Crippen LogP contribution in [-0.2, 0) is 11.3 Å². The Kier molecular flexibility index (Phi) is 6.93. The number of carbonyl (C=O) groups excluding carboxylic acids is 2. The van der Waals surface area contributed by atoms with Gasteiger partial charge in [0.25, 0.3) is 5.91 Å². The van der Waals surface area contributed by atoms with E-state index in [4.69, 9.17) is 5.11 Å². The first-order valence-corrected chi connectivity index (χ1v) is 11.5. The standard InChI is InChI=1S/C22H27N5O3S/c28-12-10-23-21(30)20-19(17-3-1-8-24-22(17)31-20)16-6-4-15(5-7-16)13-25-18(29)14-27-11-2-9-26-27/h1-3,8-9,11,15-16,28H,4-7,10,12-14H2,(H,23,30)(H,25,29). The van der Waals surface area contributed by atoms with Gasteiger partial charge in [0.15, 0.2) is 0 Å². The summed E-state index contributed by atoms with van der Waals surface area (Å²) in [5, 5.41) is 20.0.